The number of halogens is 1. The Labute approximate surface area is 163 Å². The van der Waals surface area contributed by atoms with Crippen molar-refractivity contribution in [1.82, 2.24) is 25.7 Å². The van der Waals surface area contributed by atoms with E-state index in [1.165, 1.54) is 0 Å². The normalized spacial score (nSPS) is 12.2. The number of H-pyrrole nitrogens is 1. The molecule has 2 aromatic heterocycles. The van der Waals surface area contributed by atoms with Crippen molar-refractivity contribution in [2.45, 2.75) is 19.4 Å². The van der Waals surface area contributed by atoms with Gasteiger partial charge in [-0.25, -0.2) is 0 Å². The summed E-state index contributed by atoms with van der Waals surface area (Å²) >= 11 is 3.43. The fourth-order valence-electron chi connectivity index (χ4n) is 2.86. The first-order valence-corrected chi connectivity index (χ1v) is 9.27. The molecule has 136 valence electrons. The first kappa shape index (κ1) is 17.4. The maximum absolute atomic E-state index is 12.8. The summed E-state index contributed by atoms with van der Waals surface area (Å²) in [5, 5.41) is 14.8. The Hall–Kier alpha value is -3.00. The van der Waals surface area contributed by atoms with Gasteiger partial charge in [0.2, 0.25) is 0 Å². The van der Waals surface area contributed by atoms with Crippen molar-refractivity contribution >= 4 is 32.7 Å². The van der Waals surface area contributed by atoms with Crippen LogP contribution in [0.1, 0.15) is 35.6 Å². The number of carbonyl (C=O) groups excluding carboxylic acids is 1. The molecule has 0 radical (unpaired) electrons. The highest BCUT2D eigenvalue weighted by Crippen LogP contribution is 2.24. The summed E-state index contributed by atoms with van der Waals surface area (Å²) in [4.78, 5) is 17.2. The van der Waals surface area contributed by atoms with Crippen LogP contribution in [0.4, 0.5) is 0 Å². The average molecular weight is 426 g/mol. The highest BCUT2D eigenvalue weighted by Gasteiger charge is 2.21. The lowest BCUT2D eigenvalue weighted by Gasteiger charge is -2.13. The molecule has 1 atom stereocenters. The summed E-state index contributed by atoms with van der Waals surface area (Å²) < 4.78 is 6.31. The number of aromatic nitrogens is 4. The number of nitrogens with zero attached hydrogens (tertiary/aromatic N) is 3. The zero-order valence-corrected chi connectivity index (χ0v) is 16.0. The number of benzene rings is 2. The van der Waals surface area contributed by atoms with Crippen molar-refractivity contribution in [2.24, 2.45) is 0 Å². The Morgan fingerprint density at radius 3 is 2.96 bits per heavy atom. The maximum atomic E-state index is 12.8. The van der Waals surface area contributed by atoms with Crippen molar-refractivity contribution in [1.29, 1.82) is 0 Å². The molecule has 7 nitrogen and oxygen atoms in total. The van der Waals surface area contributed by atoms with Gasteiger partial charge < -0.3 is 9.84 Å². The Balaban J connectivity index is 1.58. The van der Waals surface area contributed by atoms with Crippen molar-refractivity contribution in [3.8, 4) is 11.5 Å². The van der Waals surface area contributed by atoms with Gasteiger partial charge in [-0.3, -0.25) is 9.89 Å². The monoisotopic (exact) mass is 425 g/mol. The van der Waals surface area contributed by atoms with Gasteiger partial charge in [-0.05, 0) is 30.7 Å². The van der Waals surface area contributed by atoms with E-state index in [0.717, 1.165) is 15.4 Å². The fourth-order valence-corrected chi connectivity index (χ4v) is 3.26. The molecule has 8 heteroatoms. The molecule has 0 unspecified atom stereocenters. The van der Waals surface area contributed by atoms with Crippen LogP contribution in [0, 0.1) is 0 Å². The van der Waals surface area contributed by atoms with E-state index in [4.69, 9.17) is 4.52 Å². The van der Waals surface area contributed by atoms with E-state index in [2.05, 4.69) is 41.6 Å². The molecule has 0 aliphatic heterocycles. The van der Waals surface area contributed by atoms with Gasteiger partial charge in [0, 0.05) is 15.4 Å². The van der Waals surface area contributed by atoms with Crippen LogP contribution < -0.4 is 5.32 Å². The van der Waals surface area contributed by atoms with Crippen LogP contribution in [0.5, 0.6) is 0 Å². The summed E-state index contributed by atoms with van der Waals surface area (Å²) in [7, 11) is 0. The minimum atomic E-state index is -0.361. The van der Waals surface area contributed by atoms with Crippen LogP contribution in [-0.2, 0) is 0 Å². The second kappa shape index (κ2) is 7.32. The van der Waals surface area contributed by atoms with Gasteiger partial charge in [0.25, 0.3) is 11.8 Å². The molecule has 0 saturated carbocycles. The second-order valence-electron chi connectivity index (χ2n) is 6.04. The lowest BCUT2D eigenvalue weighted by molar-refractivity contribution is 0.0934. The predicted molar refractivity (Wildman–Crippen MR) is 104 cm³/mol. The van der Waals surface area contributed by atoms with Gasteiger partial charge in [0.05, 0.1) is 23.3 Å². The molecule has 27 heavy (non-hydrogen) atoms. The van der Waals surface area contributed by atoms with Gasteiger partial charge in [0.15, 0.2) is 5.82 Å². The second-order valence-corrected chi connectivity index (χ2v) is 6.96. The van der Waals surface area contributed by atoms with E-state index in [1.54, 1.807) is 12.3 Å². The van der Waals surface area contributed by atoms with Crippen molar-refractivity contribution in [3.63, 3.8) is 0 Å². The molecular formula is C19H16BrN5O2. The third-order valence-electron chi connectivity index (χ3n) is 4.26. The van der Waals surface area contributed by atoms with Crippen molar-refractivity contribution < 1.29 is 9.32 Å². The molecule has 0 fully saturated rings. The number of fused-ring (bicyclic) bond motifs is 1. The average Bonchev–Trinajstić information content (AvgIpc) is 3.35. The van der Waals surface area contributed by atoms with Gasteiger partial charge >= 0.3 is 0 Å². The minimum Gasteiger partial charge on any atom is -0.342 e. The number of para-hydroxylation sites is 1. The zero-order valence-electron chi connectivity index (χ0n) is 14.4. The number of amides is 1. The predicted octanol–water partition coefficient (Wildman–Crippen LogP) is 4.26. The molecule has 4 rings (SSSR count). The van der Waals surface area contributed by atoms with Crippen LogP contribution in [-0.4, -0.2) is 26.2 Å². The molecule has 1 amide bonds. The van der Waals surface area contributed by atoms with E-state index >= 15 is 0 Å². The fraction of sp³-hybridized carbons (Fsp3) is 0.158. The lowest BCUT2D eigenvalue weighted by Crippen LogP contribution is -2.29. The van der Waals surface area contributed by atoms with E-state index in [-0.39, 0.29) is 11.9 Å². The molecule has 0 bridgehead atoms. The largest absolute Gasteiger partial charge is 0.342 e. The quantitative estimate of drug-likeness (QED) is 0.497. The molecule has 0 spiro atoms. The smallest absolute Gasteiger partial charge is 0.258 e. The van der Waals surface area contributed by atoms with Crippen LogP contribution in [0.25, 0.3) is 22.4 Å². The number of nitrogens with one attached hydrogen (secondary N) is 2. The van der Waals surface area contributed by atoms with E-state index in [9.17, 15) is 4.79 Å². The SMILES string of the molecule is CC[C@@H](NC(=O)c1cccc2cn[nH]c12)c1noc(-c2cccc(Br)c2)n1. The topological polar surface area (TPSA) is 96.7 Å². The highest BCUT2D eigenvalue weighted by molar-refractivity contribution is 9.10. The first-order chi connectivity index (χ1) is 13.2. The first-order valence-electron chi connectivity index (χ1n) is 8.48. The summed E-state index contributed by atoms with van der Waals surface area (Å²) in [6, 6.07) is 12.7. The Bertz CT molecular complexity index is 1100. The molecule has 0 aliphatic rings. The molecule has 2 heterocycles. The Morgan fingerprint density at radius 2 is 2.15 bits per heavy atom. The Morgan fingerprint density at radius 1 is 1.30 bits per heavy atom. The third kappa shape index (κ3) is 3.48. The van der Waals surface area contributed by atoms with Crippen LogP contribution in [0.15, 0.2) is 57.7 Å². The number of aromatic amines is 1. The summed E-state index contributed by atoms with van der Waals surface area (Å²) in [5.41, 5.74) is 2.04. The lowest BCUT2D eigenvalue weighted by atomic mass is 10.1. The summed E-state index contributed by atoms with van der Waals surface area (Å²) in [5.74, 6) is 0.637. The number of hydrogen-bond acceptors (Lipinski definition) is 5. The van der Waals surface area contributed by atoms with Crippen molar-refractivity contribution in [2.75, 3.05) is 0 Å². The number of hydrogen-bond donors (Lipinski definition) is 2. The molecule has 2 aromatic carbocycles. The molecule has 0 aliphatic carbocycles. The van der Waals surface area contributed by atoms with Gasteiger partial charge in [-0.15, -0.1) is 0 Å². The van der Waals surface area contributed by atoms with Gasteiger partial charge in [-0.2, -0.15) is 10.1 Å². The minimum absolute atomic E-state index is 0.217. The summed E-state index contributed by atoms with van der Waals surface area (Å²) in [6.45, 7) is 1.96. The molecule has 4 aromatic rings. The van der Waals surface area contributed by atoms with E-state index in [1.807, 2.05) is 43.3 Å². The van der Waals surface area contributed by atoms with Crippen LogP contribution in [0.2, 0.25) is 0 Å². The van der Waals surface area contributed by atoms with E-state index < -0.39 is 0 Å². The maximum Gasteiger partial charge on any atom is 0.258 e. The standard InChI is InChI=1S/C19H16BrN5O2/c1-2-15(17-23-19(27-25-17)11-5-3-7-13(20)9-11)22-18(26)14-8-4-6-12-10-21-24-16(12)14/h3-10,15H,2H2,1H3,(H,21,24)(H,22,26)/t15-/m1/s1. The van der Waals surface area contributed by atoms with Gasteiger partial charge in [-0.1, -0.05) is 46.2 Å². The number of carbonyl (C=O) groups is 1. The zero-order chi connectivity index (χ0) is 18.8. The third-order valence-corrected chi connectivity index (χ3v) is 4.75. The highest BCUT2D eigenvalue weighted by atomic mass is 79.9. The Kier molecular flexibility index (Phi) is 4.72. The molecular weight excluding hydrogens is 410 g/mol. The van der Waals surface area contributed by atoms with E-state index in [0.29, 0.717) is 29.2 Å². The number of rotatable bonds is 5. The van der Waals surface area contributed by atoms with Gasteiger partial charge in [0.1, 0.15) is 0 Å². The van der Waals surface area contributed by atoms with Crippen LogP contribution in [0.3, 0.4) is 0 Å². The molecule has 2 N–H and O–H groups in total. The van der Waals surface area contributed by atoms with Crippen LogP contribution >= 0.6 is 15.9 Å². The summed E-state index contributed by atoms with van der Waals surface area (Å²) in [6.07, 6.45) is 2.31. The van der Waals surface area contributed by atoms with Crippen molar-refractivity contribution in [3.05, 3.63) is 64.5 Å². The molecule has 0 saturated heterocycles.